The smallest absolute Gasteiger partial charge is 0.323 e. The van der Waals surface area contributed by atoms with Crippen LogP contribution >= 0.6 is 0 Å². The van der Waals surface area contributed by atoms with Gasteiger partial charge in [-0.25, -0.2) is 0 Å². The molecule has 1 fully saturated rings. The molecule has 16 heavy (non-hydrogen) atoms. The highest BCUT2D eigenvalue weighted by Crippen LogP contribution is 2.36. The van der Waals surface area contributed by atoms with E-state index >= 15 is 0 Å². The van der Waals surface area contributed by atoms with Crippen molar-refractivity contribution in [3.8, 4) is 0 Å². The Morgan fingerprint density at radius 3 is 2.25 bits per heavy atom. The van der Waals surface area contributed by atoms with E-state index < -0.39 is 17.4 Å². The SMILES string of the molecule is C=CCC(CC1CO1)(C(=O)OC)C(=O)OC. The molecule has 90 valence electrons. The molecule has 1 aliphatic rings. The summed E-state index contributed by atoms with van der Waals surface area (Å²) < 4.78 is 14.4. The van der Waals surface area contributed by atoms with Gasteiger partial charge >= 0.3 is 11.9 Å². The topological polar surface area (TPSA) is 65.1 Å². The molecule has 1 aliphatic heterocycles. The molecule has 1 saturated heterocycles. The van der Waals surface area contributed by atoms with Crippen LogP contribution in [-0.4, -0.2) is 38.9 Å². The zero-order valence-corrected chi connectivity index (χ0v) is 9.52. The molecular weight excluding hydrogens is 212 g/mol. The van der Waals surface area contributed by atoms with Crippen molar-refractivity contribution in [1.29, 1.82) is 0 Å². The van der Waals surface area contributed by atoms with Crippen LogP contribution in [0.5, 0.6) is 0 Å². The highest BCUT2D eigenvalue weighted by Gasteiger charge is 2.51. The number of epoxide rings is 1. The van der Waals surface area contributed by atoms with Crippen LogP contribution in [-0.2, 0) is 23.8 Å². The van der Waals surface area contributed by atoms with Crippen molar-refractivity contribution >= 4 is 11.9 Å². The molecule has 1 unspecified atom stereocenters. The second-order valence-corrected chi connectivity index (χ2v) is 3.72. The van der Waals surface area contributed by atoms with E-state index in [0.717, 1.165) is 0 Å². The van der Waals surface area contributed by atoms with Gasteiger partial charge in [-0.2, -0.15) is 0 Å². The first-order valence-corrected chi connectivity index (χ1v) is 5.00. The van der Waals surface area contributed by atoms with Gasteiger partial charge in [-0.3, -0.25) is 9.59 Å². The van der Waals surface area contributed by atoms with Gasteiger partial charge in [0.25, 0.3) is 0 Å². The van der Waals surface area contributed by atoms with Gasteiger partial charge in [-0.15, -0.1) is 6.58 Å². The van der Waals surface area contributed by atoms with Gasteiger partial charge in [-0.1, -0.05) is 6.08 Å². The van der Waals surface area contributed by atoms with Crippen LogP contribution in [0.4, 0.5) is 0 Å². The maximum Gasteiger partial charge on any atom is 0.323 e. The van der Waals surface area contributed by atoms with Crippen LogP contribution in [0.2, 0.25) is 0 Å². The predicted molar refractivity (Wildman–Crippen MR) is 55.6 cm³/mol. The van der Waals surface area contributed by atoms with Crippen molar-refractivity contribution in [2.24, 2.45) is 5.41 Å². The largest absolute Gasteiger partial charge is 0.468 e. The van der Waals surface area contributed by atoms with Crippen molar-refractivity contribution in [2.75, 3.05) is 20.8 Å². The molecule has 0 amide bonds. The molecule has 0 spiro atoms. The Bertz CT molecular complexity index is 277. The Morgan fingerprint density at radius 1 is 1.44 bits per heavy atom. The highest BCUT2D eigenvalue weighted by atomic mass is 16.6. The number of hydrogen-bond acceptors (Lipinski definition) is 5. The molecule has 0 aromatic heterocycles. The minimum Gasteiger partial charge on any atom is -0.468 e. The highest BCUT2D eigenvalue weighted by molar-refractivity contribution is 6.00. The first-order valence-electron chi connectivity index (χ1n) is 5.00. The number of allylic oxidation sites excluding steroid dienone is 1. The first-order chi connectivity index (χ1) is 7.60. The predicted octanol–water partition coefficient (Wildman–Crippen LogP) is 0.684. The lowest BCUT2D eigenvalue weighted by Crippen LogP contribution is -2.42. The molecule has 0 aromatic carbocycles. The van der Waals surface area contributed by atoms with Crippen molar-refractivity contribution in [1.82, 2.24) is 0 Å². The summed E-state index contributed by atoms with van der Waals surface area (Å²) in [5.74, 6) is -1.20. The average Bonchev–Trinajstić information content (AvgIpc) is 3.09. The number of ether oxygens (including phenoxy) is 3. The maximum atomic E-state index is 11.8. The molecule has 0 aromatic rings. The van der Waals surface area contributed by atoms with Crippen LogP contribution in [0.25, 0.3) is 0 Å². The zero-order valence-electron chi connectivity index (χ0n) is 9.52. The Labute approximate surface area is 94.4 Å². The fourth-order valence-corrected chi connectivity index (χ4v) is 1.71. The molecule has 5 heteroatoms. The van der Waals surface area contributed by atoms with E-state index in [2.05, 4.69) is 16.1 Å². The summed E-state index contributed by atoms with van der Waals surface area (Å²) in [5.41, 5.74) is -1.31. The average molecular weight is 228 g/mol. The Balaban J connectivity index is 2.95. The number of esters is 2. The number of rotatable bonds is 6. The van der Waals surface area contributed by atoms with Crippen molar-refractivity contribution in [3.05, 3.63) is 12.7 Å². The summed E-state index contributed by atoms with van der Waals surface area (Å²) in [6, 6.07) is 0. The van der Waals surface area contributed by atoms with Crippen molar-refractivity contribution < 1.29 is 23.8 Å². The number of carbonyl (C=O) groups excluding carboxylic acids is 2. The van der Waals surface area contributed by atoms with E-state index in [1.807, 2.05) is 0 Å². The Morgan fingerprint density at radius 2 is 1.94 bits per heavy atom. The Hall–Kier alpha value is -1.36. The summed E-state index contributed by atoms with van der Waals surface area (Å²) in [7, 11) is 2.49. The van der Waals surface area contributed by atoms with Gasteiger partial charge in [0.05, 0.1) is 26.9 Å². The van der Waals surface area contributed by atoms with E-state index in [0.29, 0.717) is 6.61 Å². The molecule has 1 rings (SSSR count). The molecule has 1 heterocycles. The lowest BCUT2D eigenvalue weighted by Gasteiger charge is -2.26. The fraction of sp³-hybridized carbons (Fsp3) is 0.636. The molecular formula is C11H16O5. The molecule has 0 bridgehead atoms. The summed E-state index contributed by atoms with van der Waals surface area (Å²) >= 11 is 0. The summed E-state index contributed by atoms with van der Waals surface area (Å²) in [5, 5.41) is 0. The van der Waals surface area contributed by atoms with Crippen molar-refractivity contribution in [3.63, 3.8) is 0 Å². The van der Waals surface area contributed by atoms with Gasteiger partial charge in [0.15, 0.2) is 5.41 Å². The minimum atomic E-state index is -1.31. The lowest BCUT2D eigenvalue weighted by molar-refractivity contribution is -0.169. The lowest BCUT2D eigenvalue weighted by atomic mass is 9.80. The third-order valence-corrected chi connectivity index (χ3v) is 2.62. The molecule has 0 saturated carbocycles. The first kappa shape index (κ1) is 12.7. The summed E-state index contributed by atoms with van der Waals surface area (Å²) in [4.78, 5) is 23.5. The Kier molecular flexibility index (Phi) is 4.06. The van der Waals surface area contributed by atoms with E-state index in [4.69, 9.17) is 4.74 Å². The van der Waals surface area contributed by atoms with Crippen LogP contribution in [0.1, 0.15) is 12.8 Å². The van der Waals surface area contributed by atoms with Crippen LogP contribution in [0.15, 0.2) is 12.7 Å². The van der Waals surface area contributed by atoms with Gasteiger partial charge in [0.1, 0.15) is 0 Å². The summed E-state index contributed by atoms with van der Waals surface area (Å²) in [6.07, 6.45) is 1.90. The van der Waals surface area contributed by atoms with E-state index in [9.17, 15) is 9.59 Å². The number of carbonyl (C=O) groups is 2. The maximum absolute atomic E-state index is 11.8. The minimum absolute atomic E-state index is 0.0712. The standard InChI is InChI=1S/C11H16O5/c1-4-5-11(9(12)14-2,10(13)15-3)6-8-7-16-8/h4,8H,1,5-7H2,2-3H3. The van der Waals surface area contributed by atoms with Gasteiger partial charge in [0, 0.05) is 6.42 Å². The van der Waals surface area contributed by atoms with Crippen LogP contribution < -0.4 is 0 Å². The normalized spacial score (nSPS) is 18.8. The second-order valence-electron chi connectivity index (χ2n) is 3.72. The fourth-order valence-electron chi connectivity index (χ4n) is 1.71. The third kappa shape index (κ3) is 2.41. The van der Waals surface area contributed by atoms with Gasteiger partial charge < -0.3 is 14.2 Å². The molecule has 1 atom stereocenters. The van der Waals surface area contributed by atoms with E-state index in [-0.39, 0.29) is 18.9 Å². The monoisotopic (exact) mass is 228 g/mol. The van der Waals surface area contributed by atoms with Crippen LogP contribution in [0.3, 0.4) is 0 Å². The van der Waals surface area contributed by atoms with Crippen LogP contribution in [0, 0.1) is 5.41 Å². The summed E-state index contributed by atoms with van der Waals surface area (Å²) in [6.45, 7) is 4.11. The zero-order chi connectivity index (χ0) is 12.2. The number of methoxy groups -OCH3 is 2. The number of hydrogen-bond donors (Lipinski definition) is 0. The molecule has 0 radical (unpaired) electrons. The van der Waals surface area contributed by atoms with Crippen molar-refractivity contribution in [2.45, 2.75) is 18.9 Å². The van der Waals surface area contributed by atoms with Gasteiger partial charge in [-0.05, 0) is 6.42 Å². The third-order valence-electron chi connectivity index (χ3n) is 2.62. The van der Waals surface area contributed by atoms with E-state index in [1.165, 1.54) is 20.3 Å². The van der Waals surface area contributed by atoms with Gasteiger partial charge in [0.2, 0.25) is 0 Å². The quantitative estimate of drug-likeness (QED) is 0.289. The second kappa shape index (κ2) is 5.12. The molecule has 0 aliphatic carbocycles. The van der Waals surface area contributed by atoms with E-state index in [1.54, 1.807) is 0 Å². The molecule has 5 nitrogen and oxygen atoms in total. The molecule has 0 N–H and O–H groups in total.